The summed E-state index contributed by atoms with van der Waals surface area (Å²) in [5.74, 6) is 1.52. The number of nitrogens with zero attached hydrogens (tertiary/aromatic N) is 4. The van der Waals surface area contributed by atoms with Crippen molar-refractivity contribution in [1.29, 1.82) is 5.26 Å². The molecule has 2 heterocycles. The van der Waals surface area contributed by atoms with Crippen LogP contribution in [0, 0.1) is 11.3 Å². The maximum Gasteiger partial charge on any atom is 0.209 e. The summed E-state index contributed by atoms with van der Waals surface area (Å²) in [5.41, 5.74) is 2.94. The van der Waals surface area contributed by atoms with Crippen LogP contribution in [0.2, 0.25) is 5.02 Å². The Morgan fingerprint density at radius 3 is 2.31 bits per heavy atom. The monoisotopic (exact) mass is 406 g/mol. The maximum absolute atomic E-state index is 8.93. The lowest BCUT2D eigenvalue weighted by atomic mass is 10.1. The quantitative estimate of drug-likeness (QED) is 0.621. The molecule has 0 spiro atoms. The smallest absolute Gasteiger partial charge is 0.209 e. The van der Waals surface area contributed by atoms with E-state index in [1.54, 1.807) is 6.20 Å². The summed E-state index contributed by atoms with van der Waals surface area (Å²) in [7, 11) is 0. The molecule has 0 bridgehead atoms. The molecule has 3 aromatic rings. The van der Waals surface area contributed by atoms with Crippen LogP contribution in [0.1, 0.15) is 23.4 Å². The van der Waals surface area contributed by atoms with E-state index in [-0.39, 0.29) is 0 Å². The van der Waals surface area contributed by atoms with Gasteiger partial charge in [0.15, 0.2) is 5.76 Å². The fourth-order valence-corrected chi connectivity index (χ4v) is 3.73. The van der Waals surface area contributed by atoms with Crippen LogP contribution < -0.4 is 0 Å². The second-order valence-electron chi connectivity index (χ2n) is 7.34. The van der Waals surface area contributed by atoms with E-state index in [0.29, 0.717) is 10.6 Å². The van der Waals surface area contributed by atoms with Gasteiger partial charge in [-0.2, -0.15) is 5.26 Å². The summed E-state index contributed by atoms with van der Waals surface area (Å²) >= 11 is 5.96. The number of rotatable bonds is 5. The standard InChI is InChI=1S/C23H23ClN4O/c24-21-8-6-20(7-9-21)22-15-26-23(29-22)17-28-11-1-10-27(12-13-28)16-19-4-2-18(14-25)3-5-19/h2-9,15H,1,10-13,16-17H2. The third-order valence-corrected chi connectivity index (χ3v) is 5.46. The number of oxazole rings is 1. The molecule has 6 heteroatoms. The van der Waals surface area contributed by atoms with Gasteiger partial charge in [-0.15, -0.1) is 0 Å². The molecule has 0 aliphatic carbocycles. The predicted molar refractivity (Wildman–Crippen MR) is 113 cm³/mol. The average Bonchev–Trinajstić information content (AvgIpc) is 3.10. The van der Waals surface area contributed by atoms with E-state index >= 15 is 0 Å². The highest BCUT2D eigenvalue weighted by Crippen LogP contribution is 2.23. The number of halogens is 1. The molecular weight excluding hydrogens is 384 g/mol. The zero-order valence-electron chi connectivity index (χ0n) is 16.2. The van der Waals surface area contributed by atoms with Gasteiger partial charge in [-0.3, -0.25) is 9.80 Å². The Balaban J connectivity index is 1.32. The Morgan fingerprint density at radius 1 is 0.931 bits per heavy atom. The van der Waals surface area contributed by atoms with Gasteiger partial charge in [-0.05, 0) is 61.5 Å². The molecule has 0 atom stereocenters. The van der Waals surface area contributed by atoms with Gasteiger partial charge in [0.25, 0.3) is 0 Å². The molecule has 2 aromatic carbocycles. The van der Waals surface area contributed by atoms with Crippen molar-refractivity contribution >= 4 is 11.6 Å². The zero-order chi connectivity index (χ0) is 20.1. The van der Waals surface area contributed by atoms with E-state index < -0.39 is 0 Å². The molecule has 0 unspecified atom stereocenters. The van der Waals surface area contributed by atoms with Crippen molar-refractivity contribution in [3.05, 3.63) is 76.8 Å². The van der Waals surface area contributed by atoms with Crippen LogP contribution in [0.25, 0.3) is 11.3 Å². The Labute approximate surface area is 176 Å². The molecule has 1 aromatic heterocycles. The van der Waals surface area contributed by atoms with Crippen molar-refractivity contribution < 1.29 is 4.42 Å². The van der Waals surface area contributed by atoms with Crippen LogP contribution in [-0.2, 0) is 13.1 Å². The number of hydrogen-bond acceptors (Lipinski definition) is 5. The average molecular weight is 407 g/mol. The first-order valence-electron chi connectivity index (χ1n) is 9.84. The lowest BCUT2D eigenvalue weighted by Gasteiger charge is -2.21. The highest BCUT2D eigenvalue weighted by molar-refractivity contribution is 6.30. The normalized spacial score (nSPS) is 15.7. The Bertz CT molecular complexity index is 975. The summed E-state index contributed by atoms with van der Waals surface area (Å²) in [6.07, 6.45) is 2.90. The Hall–Kier alpha value is -2.65. The molecule has 29 heavy (non-hydrogen) atoms. The summed E-state index contributed by atoms with van der Waals surface area (Å²) in [6.45, 7) is 5.72. The van der Waals surface area contributed by atoms with Crippen molar-refractivity contribution in [2.24, 2.45) is 0 Å². The third-order valence-electron chi connectivity index (χ3n) is 5.21. The molecule has 148 valence electrons. The molecule has 5 nitrogen and oxygen atoms in total. The zero-order valence-corrected chi connectivity index (χ0v) is 17.0. The van der Waals surface area contributed by atoms with Gasteiger partial charge in [0.1, 0.15) is 0 Å². The second kappa shape index (κ2) is 9.23. The molecule has 0 radical (unpaired) electrons. The summed E-state index contributed by atoms with van der Waals surface area (Å²) in [4.78, 5) is 9.33. The highest BCUT2D eigenvalue weighted by atomic mass is 35.5. The summed E-state index contributed by atoms with van der Waals surface area (Å²) in [5, 5.41) is 9.64. The van der Waals surface area contributed by atoms with Crippen LogP contribution in [0.5, 0.6) is 0 Å². The minimum Gasteiger partial charge on any atom is -0.439 e. The molecule has 1 fully saturated rings. The van der Waals surface area contributed by atoms with Crippen LogP contribution in [0.4, 0.5) is 0 Å². The fraction of sp³-hybridized carbons (Fsp3) is 0.304. The van der Waals surface area contributed by atoms with Crippen molar-refractivity contribution in [3.63, 3.8) is 0 Å². The minimum atomic E-state index is 0.708. The van der Waals surface area contributed by atoms with Crippen LogP contribution >= 0.6 is 11.6 Å². The fourth-order valence-electron chi connectivity index (χ4n) is 3.61. The molecular formula is C23H23ClN4O. The van der Waals surface area contributed by atoms with E-state index in [2.05, 4.69) is 20.9 Å². The third kappa shape index (κ3) is 5.24. The van der Waals surface area contributed by atoms with Gasteiger partial charge in [-0.1, -0.05) is 23.7 Å². The Morgan fingerprint density at radius 2 is 1.62 bits per heavy atom. The second-order valence-corrected chi connectivity index (χ2v) is 7.78. The first-order chi connectivity index (χ1) is 14.2. The van der Waals surface area contributed by atoms with Crippen molar-refractivity contribution in [1.82, 2.24) is 14.8 Å². The number of nitriles is 1. The Kier molecular flexibility index (Phi) is 6.26. The molecule has 0 saturated carbocycles. The maximum atomic E-state index is 8.93. The number of benzene rings is 2. The van der Waals surface area contributed by atoms with Gasteiger partial charge >= 0.3 is 0 Å². The molecule has 1 saturated heterocycles. The molecule has 0 N–H and O–H groups in total. The van der Waals surface area contributed by atoms with E-state index in [1.807, 2.05) is 48.5 Å². The number of aromatic nitrogens is 1. The van der Waals surface area contributed by atoms with Crippen molar-refractivity contribution in [3.8, 4) is 17.4 Å². The van der Waals surface area contributed by atoms with Crippen LogP contribution in [-0.4, -0.2) is 41.0 Å². The predicted octanol–water partition coefficient (Wildman–Crippen LogP) is 4.57. The summed E-state index contributed by atoms with van der Waals surface area (Å²) in [6, 6.07) is 17.6. The van der Waals surface area contributed by atoms with Gasteiger partial charge in [-0.25, -0.2) is 4.98 Å². The minimum absolute atomic E-state index is 0.708. The first kappa shape index (κ1) is 19.7. The lowest BCUT2D eigenvalue weighted by molar-refractivity contribution is 0.232. The van der Waals surface area contributed by atoms with Gasteiger partial charge < -0.3 is 4.42 Å². The van der Waals surface area contributed by atoms with Gasteiger partial charge in [0.2, 0.25) is 5.89 Å². The van der Waals surface area contributed by atoms with Crippen LogP contribution in [0.15, 0.2) is 59.1 Å². The topological polar surface area (TPSA) is 56.3 Å². The first-order valence-corrected chi connectivity index (χ1v) is 10.2. The highest BCUT2D eigenvalue weighted by Gasteiger charge is 2.17. The summed E-state index contributed by atoms with van der Waals surface area (Å²) < 4.78 is 5.96. The number of hydrogen-bond donors (Lipinski definition) is 0. The molecule has 4 rings (SSSR count). The van der Waals surface area contributed by atoms with E-state index in [1.165, 1.54) is 5.56 Å². The lowest BCUT2D eigenvalue weighted by Crippen LogP contribution is -2.30. The van der Waals surface area contributed by atoms with Crippen molar-refractivity contribution in [2.75, 3.05) is 26.2 Å². The van der Waals surface area contributed by atoms with Gasteiger partial charge in [0.05, 0.1) is 24.4 Å². The molecule has 0 amide bonds. The van der Waals surface area contributed by atoms with E-state index in [4.69, 9.17) is 21.3 Å². The van der Waals surface area contributed by atoms with Crippen molar-refractivity contribution in [2.45, 2.75) is 19.5 Å². The SMILES string of the molecule is N#Cc1ccc(CN2CCCN(Cc3ncc(-c4ccc(Cl)cc4)o3)CC2)cc1. The van der Waals surface area contributed by atoms with E-state index in [0.717, 1.165) is 62.9 Å². The van der Waals surface area contributed by atoms with Gasteiger partial charge in [0, 0.05) is 30.2 Å². The van der Waals surface area contributed by atoms with E-state index in [9.17, 15) is 0 Å². The largest absolute Gasteiger partial charge is 0.439 e. The van der Waals surface area contributed by atoms with Crippen LogP contribution in [0.3, 0.4) is 0 Å². The molecule has 1 aliphatic rings. The molecule has 1 aliphatic heterocycles.